The van der Waals surface area contributed by atoms with Crippen molar-refractivity contribution in [1.82, 2.24) is 15.1 Å². The number of benzene rings is 2. The molecule has 0 aliphatic carbocycles. The predicted octanol–water partition coefficient (Wildman–Crippen LogP) is 4.49. The Kier molecular flexibility index (Phi) is 6.23. The second kappa shape index (κ2) is 9.40. The van der Waals surface area contributed by atoms with Gasteiger partial charge in [0, 0.05) is 23.3 Å². The number of nitrogens with one attached hydrogen (secondary N) is 2. The van der Waals surface area contributed by atoms with E-state index in [0.29, 0.717) is 27.8 Å². The molecule has 0 atom stereocenters. The van der Waals surface area contributed by atoms with Crippen LogP contribution in [0, 0.1) is 0 Å². The molecule has 2 heterocycles. The first-order valence-electron chi connectivity index (χ1n) is 9.67. The van der Waals surface area contributed by atoms with Gasteiger partial charge < -0.3 is 19.8 Å². The van der Waals surface area contributed by atoms with Crippen LogP contribution in [0.2, 0.25) is 5.02 Å². The lowest BCUT2D eigenvalue weighted by Gasteiger charge is -2.14. The van der Waals surface area contributed by atoms with Crippen LogP contribution in [0.5, 0.6) is 11.5 Å². The molecule has 162 valence electrons. The number of halogens is 1. The summed E-state index contributed by atoms with van der Waals surface area (Å²) in [6.07, 6.45) is 2.99. The van der Waals surface area contributed by atoms with Gasteiger partial charge >= 0.3 is 0 Å². The van der Waals surface area contributed by atoms with Crippen LogP contribution in [0.25, 0.3) is 0 Å². The molecular formula is C23H19ClN4O4. The molecule has 0 unspecified atom stereocenters. The molecule has 0 spiro atoms. The first kappa shape index (κ1) is 21.2. The third kappa shape index (κ3) is 4.98. The van der Waals surface area contributed by atoms with Crippen molar-refractivity contribution in [3.05, 3.63) is 99.8 Å². The maximum Gasteiger partial charge on any atom is 0.294 e. The van der Waals surface area contributed by atoms with Crippen molar-refractivity contribution < 1.29 is 13.9 Å². The minimum absolute atomic E-state index is 0.186. The Bertz CT molecular complexity index is 1280. The van der Waals surface area contributed by atoms with Gasteiger partial charge in [-0.3, -0.25) is 9.59 Å². The summed E-state index contributed by atoms with van der Waals surface area (Å²) in [6, 6.07) is 17.1. The van der Waals surface area contributed by atoms with Crippen LogP contribution in [0.3, 0.4) is 0 Å². The van der Waals surface area contributed by atoms with Crippen LogP contribution in [-0.2, 0) is 13.6 Å². The van der Waals surface area contributed by atoms with Gasteiger partial charge in [0.1, 0.15) is 11.5 Å². The number of anilines is 2. The van der Waals surface area contributed by atoms with Crippen molar-refractivity contribution in [2.75, 3.05) is 5.32 Å². The molecule has 0 aliphatic heterocycles. The van der Waals surface area contributed by atoms with Gasteiger partial charge in [0.2, 0.25) is 0 Å². The van der Waals surface area contributed by atoms with E-state index in [1.54, 1.807) is 66.9 Å². The van der Waals surface area contributed by atoms with Crippen molar-refractivity contribution >= 4 is 28.9 Å². The Balaban J connectivity index is 1.56. The lowest BCUT2D eigenvalue weighted by molar-refractivity contribution is 0.0948. The zero-order valence-corrected chi connectivity index (χ0v) is 17.8. The molecule has 2 aromatic heterocycles. The molecule has 32 heavy (non-hydrogen) atoms. The van der Waals surface area contributed by atoms with Crippen LogP contribution in [0.15, 0.2) is 82.3 Å². The highest BCUT2D eigenvalue weighted by atomic mass is 35.5. The molecule has 4 rings (SSSR count). The number of amides is 1. The molecule has 1 amide bonds. The summed E-state index contributed by atoms with van der Waals surface area (Å²) in [5, 5.41) is 10.4. The largest absolute Gasteiger partial charge is 0.467 e. The summed E-state index contributed by atoms with van der Waals surface area (Å²) in [4.78, 5) is 25.2. The zero-order valence-electron chi connectivity index (χ0n) is 17.0. The SMILES string of the molecule is Cn1ncc(Oc2ccc(Cl)cc2)c(Nc2cccc(C(=O)NCc3ccco3)c2)c1=O. The maximum atomic E-state index is 12.7. The highest BCUT2D eigenvalue weighted by Gasteiger charge is 2.14. The average molecular weight is 451 g/mol. The highest BCUT2D eigenvalue weighted by Crippen LogP contribution is 2.29. The van der Waals surface area contributed by atoms with E-state index in [1.165, 1.54) is 17.9 Å². The number of furan rings is 1. The van der Waals surface area contributed by atoms with Crippen LogP contribution < -0.4 is 20.9 Å². The van der Waals surface area contributed by atoms with Crippen LogP contribution in [0.1, 0.15) is 16.1 Å². The summed E-state index contributed by atoms with van der Waals surface area (Å²) in [6.45, 7) is 0.271. The van der Waals surface area contributed by atoms with E-state index in [0.717, 1.165) is 0 Å². The van der Waals surface area contributed by atoms with Crippen molar-refractivity contribution in [3.63, 3.8) is 0 Å². The van der Waals surface area contributed by atoms with E-state index in [1.807, 2.05) is 0 Å². The summed E-state index contributed by atoms with van der Waals surface area (Å²) >= 11 is 5.92. The first-order valence-corrected chi connectivity index (χ1v) is 10.0. The standard InChI is InChI=1S/C23H19ClN4O4/c1-28-23(30)21(20(14-26-28)32-18-9-7-16(24)8-10-18)27-17-5-2-4-15(12-17)22(29)25-13-19-6-3-11-31-19/h2-12,14,27H,13H2,1H3,(H,25,29). The van der Waals surface area contributed by atoms with Crippen molar-refractivity contribution in [1.29, 1.82) is 0 Å². The van der Waals surface area contributed by atoms with E-state index in [9.17, 15) is 9.59 Å². The number of aromatic nitrogens is 2. The molecule has 0 saturated carbocycles. The normalized spacial score (nSPS) is 10.6. The number of ether oxygens (including phenoxy) is 1. The monoisotopic (exact) mass is 450 g/mol. The Hall–Kier alpha value is -4.04. The van der Waals surface area contributed by atoms with E-state index in [4.69, 9.17) is 20.8 Å². The van der Waals surface area contributed by atoms with Crippen LogP contribution in [-0.4, -0.2) is 15.7 Å². The smallest absolute Gasteiger partial charge is 0.294 e. The summed E-state index contributed by atoms with van der Waals surface area (Å²) in [5.74, 6) is 1.11. The highest BCUT2D eigenvalue weighted by molar-refractivity contribution is 6.30. The third-order valence-corrected chi connectivity index (χ3v) is 4.79. The number of carbonyl (C=O) groups excluding carboxylic acids is 1. The van der Waals surface area contributed by atoms with Gasteiger partial charge in [0.15, 0.2) is 11.4 Å². The summed E-state index contributed by atoms with van der Waals surface area (Å²) in [5.41, 5.74) is 0.766. The van der Waals surface area contributed by atoms with Crippen molar-refractivity contribution in [2.24, 2.45) is 7.05 Å². The molecule has 0 aliphatic rings. The van der Waals surface area contributed by atoms with E-state index in [2.05, 4.69) is 15.7 Å². The molecule has 2 N–H and O–H groups in total. The molecular weight excluding hydrogens is 432 g/mol. The minimum atomic E-state index is -0.385. The number of hydrogen-bond donors (Lipinski definition) is 2. The van der Waals surface area contributed by atoms with E-state index >= 15 is 0 Å². The molecule has 4 aromatic rings. The second-order valence-electron chi connectivity index (χ2n) is 6.84. The number of aryl methyl sites for hydroxylation is 1. The Morgan fingerprint density at radius 2 is 1.97 bits per heavy atom. The lowest BCUT2D eigenvalue weighted by atomic mass is 10.2. The van der Waals surface area contributed by atoms with Crippen molar-refractivity contribution in [2.45, 2.75) is 6.54 Å². The first-order chi connectivity index (χ1) is 15.5. The molecule has 2 aromatic carbocycles. The zero-order chi connectivity index (χ0) is 22.5. The van der Waals surface area contributed by atoms with Crippen molar-refractivity contribution in [3.8, 4) is 11.5 Å². The average Bonchev–Trinajstić information content (AvgIpc) is 3.32. The van der Waals surface area contributed by atoms with Gasteiger partial charge in [-0.1, -0.05) is 17.7 Å². The van der Waals surface area contributed by atoms with Gasteiger partial charge in [-0.05, 0) is 54.6 Å². The molecule has 0 saturated heterocycles. The number of rotatable bonds is 7. The topological polar surface area (TPSA) is 98.4 Å². The predicted molar refractivity (Wildman–Crippen MR) is 121 cm³/mol. The molecule has 8 nitrogen and oxygen atoms in total. The van der Waals surface area contributed by atoms with Crippen LogP contribution in [0.4, 0.5) is 11.4 Å². The third-order valence-electron chi connectivity index (χ3n) is 4.54. The molecule has 0 radical (unpaired) electrons. The van der Waals surface area contributed by atoms with Gasteiger partial charge in [0.25, 0.3) is 11.5 Å². The molecule has 0 fully saturated rings. The van der Waals surface area contributed by atoms with Gasteiger partial charge in [-0.15, -0.1) is 0 Å². The number of nitrogens with zero attached hydrogens (tertiary/aromatic N) is 2. The lowest BCUT2D eigenvalue weighted by Crippen LogP contribution is -2.23. The quantitative estimate of drug-likeness (QED) is 0.430. The summed E-state index contributed by atoms with van der Waals surface area (Å²) < 4.78 is 12.3. The van der Waals surface area contributed by atoms with Gasteiger partial charge in [0.05, 0.1) is 19.0 Å². The fourth-order valence-corrected chi connectivity index (χ4v) is 3.04. The number of hydrogen-bond acceptors (Lipinski definition) is 6. The Morgan fingerprint density at radius 1 is 1.16 bits per heavy atom. The second-order valence-corrected chi connectivity index (χ2v) is 7.27. The maximum absolute atomic E-state index is 12.7. The van der Waals surface area contributed by atoms with E-state index in [-0.39, 0.29) is 29.4 Å². The van der Waals surface area contributed by atoms with E-state index < -0.39 is 0 Å². The van der Waals surface area contributed by atoms with Gasteiger partial charge in [-0.25, -0.2) is 4.68 Å². The van der Waals surface area contributed by atoms with Crippen LogP contribution >= 0.6 is 11.6 Å². The fourth-order valence-electron chi connectivity index (χ4n) is 2.91. The fraction of sp³-hybridized carbons (Fsp3) is 0.0870. The van der Waals surface area contributed by atoms with Gasteiger partial charge in [-0.2, -0.15) is 5.10 Å². The number of carbonyl (C=O) groups is 1. The molecule has 9 heteroatoms. The summed E-state index contributed by atoms with van der Waals surface area (Å²) in [7, 11) is 1.54. The Morgan fingerprint density at radius 3 is 2.72 bits per heavy atom. The Labute approximate surface area is 188 Å². The molecule has 0 bridgehead atoms. The minimum Gasteiger partial charge on any atom is -0.467 e.